The van der Waals surface area contributed by atoms with Gasteiger partial charge in [-0.25, -0.2) is 4.98 Å². The molecule has 1 aromatic carbocycles. The molecule has 1 saturated heterocycles. The second-order valence-electron chi connectivity index (χ2n) is 6.65. The number of rotatable bonds is 7. The summed E-state index contributed by atoms with van der Waals surface area (Å²) in [4.78, 5) is 17.0. The summed E-state index contributed by atoms with van der Waals surface area (Å²) in [6.07, 6.45) is 4.14. The highest BCUT2D eigenvalue weighted by atomic mass is 32.2. The van der Waals surface area contributed by atoms with Gasteiger partial charge in [-0.2, -0.15) is 5.26 Å². The van der Waals surface area contributed by atoms with E-state index in [9.17, 15) is 4.79 Å². The first-order valence-electron chi connectivity index (χ1n) is 9.37. The van der Waals surface area contributed by atoms with Gasteiger partial charge in [0.15, 0.2) is 5.16 Å². The molecular weight excluding hydrogens is 404 g/mol. The third kappa shape index (κ3) is 4.70. The summed E-state index contributed by atoms with van der Waals surface area (Å²) >= 11 is 2.74. The van der Waals surface area contributed by atoms with Crippen LogP contribution in [0.25, 0.3) is 11.3 Å². The number of amides is 1. The van der Waals surface area contributed by atoms with Crippen LogP contribution < -0.4 is 5.32 Å². The van der Waals surface area contributed by atoms with E-state index in [-0.39, 0.29) is 17.8 Å². The fourth-order valence-electron chi connectivity index (χ4n) is 3.27. The van der Waals surface area contributed by atoms with Crippen LogP contribution in [0.2, 0.25) is 0 Å². The maximum atomic E-state index is 12.4. The quantitative estimate of drug-likeness (QED) is 0.569. The molecule has 4 rings (SSSR count). The van der Waals surface area contributed by atoms with Crippen LogP contribution in [-0.4, -0.2) is 33.9 Å². The molecule has 1 atom stereocenters. The maximum absolute atomic E-state index is 12.4. The van der Waals surface area contributed by atoms with Crippen molar-refractivity contribution in [2.75, 3.05) is 17.7 Å². The van der Waals surface area contributed by atoms with Gasteiger partial charge in [0.05, 0.1) is 35.9 Å². The molecular formula is C21H20N4O2S2. The van der Waals surface area contributed by atoms with Crippen LogP contribution in [0.15, 0.2) is 53.1 Å². The van der Waals surface area contributed by atoms with E-state index < -0.39 is 0 Å². The molecule has 1 aliphatic heterocycles. The topological polar surface area (TPSA) is 79.9 Å². The number of nitrogens with zero attached hydrogens (tertiary/aromatic N) is 3. The Morgan fingerprint density at radius 3 is 3.00 bits per heavy atom. The van der Waals surface area contributed by atoms with Crippen molar-refractivity contribution in [1.29, 1.82) is 5.26 Å². The summed E-state index contributed by atoms with van der Waals surface area (Å²) < 4.78 is 7.97. The number of nitriles is 1. The van der Waals surface area contributed by atoms with Crippen LogP contribution >= 0.6 is 23.1 Å². The number of anilines is 1. The lowest BCUT2D eigenvalue weighted by atomic mass is 10.1. The van der Waals surface area contributed by atoms with E-state index in [4.69, 9.17) is 10.00 Å². The molecule has 2 aromatic heterocycles. The first-order chi connectivity index (χ1) is 14.2. The van der Waals surface area contributed by atoms with Crippen LogP contribution in [0.3, 0.4) is 0 Å². The number of thiophene rings is 1. The molecule has 1 amide bonds. The number of benzene rings is 1. The number of hydrogen-bond acceptors (Lipinski definition) is 6. The minimum atomic E-state index is -0.151. The predicted octanol–water partition coefficient (Wildman–Crippen LogP) is 4.39. The lowest BCUT2D eigenvalue weighted by Gasteiger charge is -2.16. The summed E-state index contributed by atoms with van der Waals surface area (Å²) in [5.74, 6) is 0.0707. The predicted molar refractivity (Wildman–Crippen MR) is 115 cm³/mol. The van der Waals surface area contributed by atoms with E-state index in [1.807, 2.05) is 24.4 Å². The number of nitrogens with one attached hydrogen (secondary N) is 1. The Morgan fingerprint density at radius 1 is 1.38 bits per heavy atom. The normalized spacial score (nSPS) is 15.9. The number of imidazole rings is 1. The highest BCUT2D eigenvalue weighted by molar-refractivity contribution is 7.99. The van der Waals surface area contributed by atoms with Crippen molar-refractivity contribution in [2.45, 2.75) is 30.6 Å². The minimum absolute atomic E-state index is 0.151. The Bertz CT molecular complexity index is 1020. The molecule has 29 heavy (non-hydrogen) atoms. The van der Waals surface area contributed by atoms with Crippen molar-refractivity contribution in [2.24, 2.45) is 0 Å². The van der Waals surface area contributed by atoms with Gasteiger partial charge in [0.2, 0.25) is 5.91 Å². The largest absolute Gasteiger partial charge is 0.376 e. The number of carbonyl (C=O) groups is 1. The van der Waals surface area contributed by atoms with Gasteiger partial charge >= 0.3 is 0 Å². The fourth-order valence-corrected chi connectivity index (χ4v) is 4.81. The zero-order chi connectivity index (χ0) is 20.1. The molecule has 148 valence electrons. The molecule has 1 fully saturated rings. The number of thioether (sulfide) groups is 1. The first kappa shape index (κ1) is 19.7. The zero-order valence-corrected chi connectivity index (χ0v) is 17.3. The molecule has 0 aliphatic carbocycles. The minimum Gasteiger partial charge on any atom is -0.376 e. The Hall–Kier alpha value is -2.60. The summed E-state index contributed by atoms with van der Waals surface area (Å²) in [7, 11) is 0. The van der Waals surface area contributed by atoms with Gasteiger partial charge < -0.3 is 14.6 Å². The second-order valence-corrected chi connectivity index (χ2v) is 8.51. The van der Waals surface area contributed by atoms with E-state index >= 15 is 0 Å². The third-order valence-corrected chi connectivity index (χ3v) is 6.49. The highest BCUT2D eigenvalue weighted by Gasteiger charge is 2.21. The van der Waals surface area contributed by atoms with E-state index in [1.54, 1.807) is 11.4 Å². The lowest BCUT2D eigenvalue weighted by molar-refractivity contribution is -0.113. The van der Waals surface area contributed by atoms with E-state index in [1.165, 1.54) is 23.1 Å². The first-order valence-corrected chi connectivity index (χ1v) is 11.2. The summed E-state index contributed by atoms with van der Waals surface area (Å²) in [6.45, 7) is 1.52. The molecule has 8 heteroatoms. The standard InChI is InChI=1S/C21H20N4O2S2/c22-11-16-8-10-28-20(16)24-19(26)14-29-21-23-12-18(15-5-2-1-3-6-15)25(21)13-17-7-4-9-27-17/h1-3,5-6,8,10,12,17H,4,7,9,13-14H2,(H,24,26). The molecule has 0 spiro atoms. The fraction of sp³-hybridized carbons (Fsp3) is 0.286. The summed E-state index contributed by atoms with van der Waals surface area (Å²) in [6, 6.07) is 13.9. The van der Waals surface area contributed by atoms with Crippen LogP contribution in [0.5, 0.6) is 0 Å². The average molecular weight is 425 g/mol. The van der Waals surface area contributed by atoms with Crippen molar-refractivity contribution in [1.82, 2.24) is 9.55 Å². The number of hydrogen-bond donors (Lipinski definition) is 1. The van der Waals surface area contributed by atoms with Crippen molar-refractivity contribution in [3.05, 3.63) is 53.5 Å². The molecule has 3 aromatic rings. The Kier molecular flexibility index (Phi) is 6.30. The molecule has 1 N–H and O–H groups in total. The van der Waals surface area contributed by atoms with Gasteiger partial charge in [0, 0.05) is 6.61 Å². The molecule has 1 unspecified atom stereocenters. The van der Waals surface area contributed by atoms with Gasteiger partial charge in [-0.1, -0.05) is 42.1 Å². The smallest absolute Gasteiger partial charge is 0.235 e. The van der Waals surface area contributed by atoms with Gasteiger partial charge in [0.1, 0.15) is 11.1 Å². The number of carbonyl (C=O) groups excluding carboxylic acids is 1. The van der Waals surface area contributed by atoms with E-state index in [0.29, 0.717) is 10.6 Å². The molecule has 0 bridgehead atoms. The molecule has 0 radical (unpaired) electrons. The van der Waals surface area contributed by atoms with Crippen molar-refractivity contribution in [3.63, 3.8) is 0 Å². The summed E-state index contributed by atoms with van der Waals surface area (Å²) in [5, 5.41) is 15.1. The van der Waals surface area contributed by atoms with Gasteiger partial charge in [0.25, 0.3) is 0 Å². The Labute approximate surface area is 177 Å². The molecule has 1 aliphatic rings. The van der Waals surface area contributed by atoms with Crippen LogP contribution in [-0.2, 0) is 16.1 Å². The summed E-state index contributed by atoms with van der Waals surface area (Å²) in [5.41, 5.74) is 2.60. The van der Waals surface area contributed by atoms with Gasteiger partial charge in [-0.3, -0.25) is 4.79 Å². The molecule has 0 saturated carbocycles. The average Bonchev–Trinajstić information content (AvgIpc) is 3.49. The molecule has 6 nitrogen and oxygen atoms in total. The number of ether oxygens (including phenoxy) is 1. The van der Waals surface area contributed by atoms with E-state index in [2.05, 4.69) is 33.1 Å². The van der Waals surface area contributed by atoms with Crippen molar-refractivity contribution in [3.8, 4) is 17.3 Å². The molecule has 3 heterocycles. The Balaban J connectivity index is 1.49. The van der Waals surface area contributed by atoms with Gasteiger partial charge in [-0.05, 0) is 29.9 Å². The van der Waals surface area contributed by atoms with E-state index in [0.717, 1.165) is 42.4 Å². The van der Waals surface area contributed by atoms with Crippen molar-refractivity contribution >= 4 is 34.0 Å². The van der Waals surface area contributed by atoms with Crippen LogP contribution in [0.4, 0.5) is 5.00 Å². The maximum Gasteiger partial charge on any atom is 0.235 e. The lowest BCUT2D eigenvalue weighted by Crippen LogP contribution is -2.18. The van der Waals surface area contributed by atoms with Crippen LogP contribution in [0, 0.1) is 11.3 Å². The Morgan fingerprint density at radius 2 is 2.24 bits per heavy atom. The number of aromatic nitrogens is 2. The van der Waals surface area contributed by atoms with Crippen LogP contribution in [0.1, 0.15) is 18.4 Å². The SMILES string of the molecule is N#Cc1ccsc1NC(=O)CSc1ncc(-c2ccccc2)n1CC1CCCO1. The highest BCUT2D eigenvalue weighted by Crippen LogP contribution is 2.29. The van der Waals surface area contributed by atoms with Crippen molar-refractivity contribution < 1.29 is 9.53 Å². The third-order valence-electron chi connectivity index (χ3n) is 4.67. The zero-order valence-electron chi connectivity index (χ0n) is 15.7. The monoisotopic (exact) mass is 424 g/mol. The van der Waals surface area contributed by atoms with Gasteiger partial charge in [-0.15, -0.1) is 11.3 Å². The second kappa shape index (κ2) is 9.27.